The van der Waals surface area contributed by atoms with E-state index in [0.29, 0.717) is 5.54 Å². The second-order valence-corrected chi connectivity index (χ2v) is 7.50. The van der Waals surface area contributed by atoms with E-state index in [-0.39, 0.29) is 0 Å². The van der Waals surface area contributed by atoms with E-state index in [1.54, 1.807) is 0 Å². The summed E-state index contributed by atoms with van der Waals surface area (Å²) in [4.78, 5) is 2.73. The number of hydrogen-bond acceptors (Lipinski definition) is 2. The van der Waals surface area contributed by atoms with E-state index in [0.717, 1.165) is 12.5 Å². The molecule has 0 saturated heterocycles. The van der Waals surface area contributed by atoms with E-state index in [9.17, 15) is 0 Å². The van der Waals surface area contributed by atoms with Gasteiger partial charge in [-0.15, -0.1) is 0 Å². The molecule has 3 aliphatic rings. The number of nitrogens with one attached hydrogen (secondary N) is 1. The zero-order chi connectivity index (χ0) is 14.1. The van der Waals surface area contributed by atoms with Gasteiger partial charge in [-0.3, -0.25) is 0 Å². The van der Waals surface area contributed by atoms with Gasteiger partial charge in [0.1, 0.15) is 0 Å². The smallest absolute Gasteiger partial charge is 0.0412 e. The summed E-state index contributed by atoms with van der Waals surface area (Å²) in [6.45, 7) is 3.55. The van der Waals surface area contributed by atoms with Gasteiger partial charge in [0.05, 0.1) is 0 Å². The van der Waals surface area contributed by atoms with Gasteiger partial charge in [0, 0.05) is 30.9 Å². The molecular weight excluding hydrogens is 256 g/mol. The third kappa shape index (κ3) is 2.70. The zero-order valence-corrected chi connectivity index (χ0v) is 13.1. The summed E-state index contributed by atoms with van der Waals surface area (Å²) >= 11 is 0. The van der Waals surface area contributed by atoms with Crippen molar-refractivity contribution in [2.45, 2.75) is 63.5 Å². The summed E-state index contributed by atoms with van der Waals surface area (Å²) < 4.78 is 0. The molecule has 2 heteroatoms. The van der Waals surface area contributed by atoms with Crippen LogP contribution in [0, 0.1) is 5.92 Å². The lowest BCUT2D eigenvalue weighted by atomic mass is 9.96. The highest BCUT2D eigenvalue weighted by Crippen LogP contribution is 2.37. The molecule has 0 atom stereocenters. The van der Waals surface area contributed by atoms with Crippen molar-refractivity contribution in [3.63, 3.8) is 0 Å². The van der Waals surface area contributed by atoms with Gasteiger partial charge in [-0.05, 0) is 43.2 Å². The first-order chi connectivity index (χ1) is 10.3. The molecule has 114 valence electrons. The fourth-order valence-corrected chi connectivity index (χ4v) is 4.81. The Balaban J connectivity index is 1.62. The monoisotopic (exact) mass is 284 g/mol. The Kier molecular flexibility index (Phi) is 3.66. The van der Waals surface area contributed by atoms with Crippen LogP contribution in [0.5, 0.6) is 0 Å². The number of anilines is 1. The van der Waals surface area contributed by atoms with Crippen LogP contribution in [0.2, 0.25) is 0 Å². The van der Waals surface area contributed by atoms with Gasteiger partial charge < -0.3 is 10.2 Å². The van der Waals surface area contributed by atoms with Crippen molar-refractivity contribution in [3.8, 4) is 0 Å². The lowest BCUT2D eigenvalue weighted by Gasteiger charge is -2.36. The molecule has 2 fully saturated rings. The molecule has 1 aromatic rings. The van der Waals surface area contributed by atoms with Crippen LogP contribution in [0.25, 0.3) is 0 Å². The molecule has 1 aromatic carbocycles. The van der Waals surface area contributed by atoms with Gasteiger partial charge in [0.15, 0.2) is 0 Å². The van der Waals surface area contributed by atoms with E-state index < -0.39 is 0 Å². The highest BCUT2D eigenvalue weighted by atomic mass is 15.2. The summed E-state index contributed by atoms with van der Waals surface area (Å²) in [7, 11) is 0. The molecule has 0 radical (unpaired) electrons. The lowest BCUT2D eigenvalue weighted by Crippen LogP contribution is -2.50. The minimum absolute atomic E-state index is 0.387. The first-order valence-corrected chi connectivity index (χ1v) is 8.93. The van der Waals surface area contributed by atoms with Crippen LogP contribution in [0.3, 0.4) is 0 Å². The van der Waals surface area contributed by atoms with E-state index in [1.807, 2.05) is 0 Å². The van der Waals surface area contributed by atoms with Crippen LogP contribution < -0.4 is 10.2 Å². The maximum absolute atomic E-state index is 3.93. The van der Waals surface area contributed by atoms with Gasteiger partial charge in [0.25, 0.3) is 0 Å². The topological polar surface area (TPSA) is 15.3 Å². The first-order valence-electron chi connectivity index (χ1n) is 8.93. The minimum Gasteiger partial charge on any atom is -0.369 e. The Morgan fingerprint density at radius 2 is 1.81 bits per heavy atom. The van der Waals surface area contributed by atoms with Crippen molar-refractivity contribution in [2.75, 3.05) is 18.0 Å². The number of para-hydroxylation sites is 1. The zero-order valence-electron chi connectivity index (χ0n) is 13.1. The van der Waals surface area contributed by atoms with Gasteiger partial charge in [-0.1, -0.05) is 43.9 Å². The predicted molar refractivity (Wildman–Crippen MR) is 88.7 cm³/mol. The Hall–Kier alpha value is -1.02. The third-order valence-corrected chi connectivity index (χ3v) is 5.99. The number of hydrogen-bond donors (Lipinski definition) is 1. The summed E-state index contributed by atoms with van der Waals surface area (Å²) in [6, 6.07) is 9.08. The number of fused-ring (bicyclic) bond motifs is 1. The highest BCUT2D eigenvalue weighted by molar-refractivity contribution is 5.55. The highest BCUT2D eigenvalue weighted by Gasteiger charge is 2.38. The summed E-state index contributed by atoms with van der Waals surface area (Å²) in [6.07, 6.45) is 11.3. The van der Waals surface area contributed by atoms with Crippen molar-refractivity contribution < 1.29 is 0 Å². The quantitative estimate of drug-likeness (QED) is 0.879. The number of nitrogens with zero attached hydrogens (tertiary/aromatic N) is 1. The molecule has 0 amide bonds. The van der Waals surface area contributed by atoms with Gasteiger partial charge in [0.2, 0.25) is 0 Å². The Bertz CT molecular complexity index is 484. The average molecular weight is 284 g/mol. The van der Waals surface area contributed by atoms with E-state index in [1.165, 1.54) is 75.7 Å². The summed E-state index contributed by atoms with van der Waals surface area (Å²) in [5, 5.41) is 3.93. The van der Waals surface area contributed by atoms with Crippen molar-refractivity contribution >= 4 is 5.69 Å². The van der Waals surface area contributed by atoms with Crippen LogP contribution in [0.15, 0.2) is 24.3 Å². The Morgan fingerprint density at radius 1 is 1.05 bits per heavy atom. The molecule has 0 aromatic heterocycles. The Morgan fingerprint density at radius 3 is 2.62 bits per heavy atom. The Labute approximate surface area is 128 Å². The van der Waals surface area contributed by atoms with E-state index >= 15 is 0 Å². The van der Waals surface area contributed by atoms with Crippen LogP contribution in [0.1, 0.15) is 56.9 Å². The molecule has 0 unspecified atom stereocenters. The minimum atomic E-state index is 0.387. The van der Waals surface area contributed by atoms with E-state index in [2.05, 4.69) is 34.5 Å². The second kappa shape index (κ2) is 5.64. The van der Waals surface area contributed by atoms with Crippen molar-refractivity contribution in [2.24, 2.45) is 5.92 Å². The molecule has 2 aliphatic carbocycles. The fourth-order valence-electron chi connectivity index (χ4n) is 4.81. The predicted octanol–water partition coefficient (Wildman–Crippen LogP) is 4.10. The van der Waals surface area contributed by atoms with Gasteiger partial charge >= 0.3 is 0 Å². The fraction of sp³-hybridized carbons (Fsp3) is 0.684. The van der Waals surface area contributed by atoms with Crippen LogP contribution >= 0.6 is 0 Å². The first kappa shape index (κ1) is 13.6. The molecule has 0 bridgehead atoms. The molecule has 4 rings (SSSR count). The molecular formula is C19H28N2. The molecule has 1 heterocycles. The molecule has 1 N–H and O–H groups in total. The maximum atomic E-state index is 3.93. The van der Waals surface area contributed by atoms with Crippen molar-refractivity contribution in [1.29, 1.82) is 0 Å². The van der Waals surface area contributed by atoms with Crippen LogP contribution in [-0.4, -0.2) is 18.6 Å². The van der Waals surface area contributed by atoms with Gasteiger partial charge in [-0.25, -0.2) is 0 Å². The second-order valence-electron chi connectivity index (χ2n) is 7.50. The third-order valence-electron chi connectivity index (χ3n) is 5.99. The van der Waals surface area contributed by atoms with Crippen LogP contribution in [0.4, 0.5) is 5.69 Å². The SMILES string of the molecule is c1ccc2c(c1)CNC1(CCCC1)CN2CC1CCCC1. The maximum Gasteiger partial charge on any atom is 0.0412 e. The number of rotatable bonds is 2. The summed E-state index contributed by atoms with van der Waals surface area (Å²) in [5.41, 5.74) is 3.39. The number of benzene rings is 1. The van der Waals surface area contributed by atoms with Crippen molar-refractivity contribution in [1.82, 2.24) is 5.32 Å². The van der Waals surface area contributed by atoms with E-state index in [4.69, 9.17) is 0 Å². The summed E-state index contributed by atoms with van der Waals surface area (Å²) in [5.74, 6) is 0.926. The molecule has 1 spiro atoms. The van der Waals surface area contributed by atoms with Crippen molar-refractivity contribution in [3.05, 3.63) is 29.8 Å². The lowest BCUT2D eigenvalue weighted by molar-refractivity contribution is 0.332. The normalized spacial score (nSPS) is 25.2. The molecule has 2 nitrogen and oxygen atoms in total. The molecule has 21 heavy (non-hydrogen) atoms. The average Bonchev–Trinajstić information content (AvgIpc) is 3.14. The molecule has 2 saturated carbocycles. The molecule has 1 aliphatic heterocycles. The largest absolute Gasteiger partial charge is 0.369 e. The standard InChI is InChI=1S/C19H28N2/c1-2-8-16(7-1)14-21-15-19(11-5-6-12-19)20-13-17-9-3-4-10-18(17)21/h3-4,9-10,16,20H,1-2,5-8,11-15H2. The van der Waals surface area contributed by atoms with Gasteiger partial charge in [-0.2, -0.15) is 0 Å². The van der Waals surface area contributed by atoms with Crippen LogP contribution in [-0.2, 0) is 6.54 Å².